The van der Waals surface area contributed by atoms with Crippen molar-refractivity contribution in [3.8, 4) is 0 Å². The molecule has 3 N–H and O–H groups in total. The summed E-state index contributed by atoms with van der Waals surface area (Å²) in [5.74, 6) is -2.76. The maximum Gasteiger partial charge on any atom is 0.493 e. The molecule has 1 heterocycles. The molecule has 1 aromatic heterocycles. The van der Waals surface area contributed by atoms with Crippen molar-refractivity contribution in [3.63, 3.8) is 0 Å². The van der Waals surface area contributed by atoms with Crippen LogP contribution >= 0.6 is 0 Å². The van der Waals surface area contributed by atoms with Crippen LogP contribution in [0.15, 0.2) is 42.5 Å². The van der Waals surface area contributed by atoms with Crippen molar-refractivity contribution < 1.29 is 27.6 Å². The van der Waals surface area contributed by atoms with E-state index in [-0.39, 0.29) is 5.06 Å². The number of benzene rings is 1. The van der Waals surface area contributed by atoms with Crippen LogP contribution in [0.3, 0.4) is 0 Å². The molecule has 0 saturated carbocycles. The zero-order chi connectivity index (χ0) is 19.2. The summed E-state index contributed by atoms with van der Waals surface area (Å²) in [5.41, 5.74) is 6.00. The lowest BCUT2D eigenvalue weighted by atomic mass is 10.1. The Hall–Kier alpha value is -3.37. The second-order valence-corrected chi connectivity index (χ2v) is 4.95. The third-order valence-electron chi connectivity index (χ3n) is 3.03. The fourth-order valence-corrected chi connectivity index (χ4v) is 1.85. The van der Waals surface area contributed by atoms with Gasteiger partial charge < -0.3 is 15.9 Å². The van der Waals surface area contributed by atoms with Crippen LogP contribution < -0.4 is 16.1 Å². The molecule has 0 saturated heterocycles. The zero-order valence-corrected chi connectivity index (χ0v) is 13.2. The highest BCUT2D eigenvalue weighted by Gasteiger charge is 2.43. The van der Waals surface area contributed by atoms with E-state index >= 15 is 0 Å². The van der Waals surface area contributed by atoms with Crippen LogP contribution in [0.2, 0.25) is 0 Å². The van der Waals surface area contributed by atoms with Gasteiger partial charge >= 0.3 is 18.2 Å². The van der Waals surface area contributed by atoms with E-state index in [9.17, 15) is 22.8 Å². The van der Waals surface area contributed by atoms with Gasteiger partial charge in [0, 0.05) is 6.54 Å². The van der Waals surface area contributed by atoms with E-state index in [0.29, 0.717) is 18.8 Å². The molecule has 1 aromatic carbocycles. The lowest BCUT2D eigenvalue weighted by Crippen LogP contribution is -2.42. The Morgan fingerprint density at radius 1 is 1.12 bits per heavy atom. The molecule has 0 spiro atoms. The summed E-state index contributed by atoms with van der Waals surface area (Å²) < 4.78 is 36.7. The molecule has 2 rings (SSSR count). The molecule has 0 fully saturated rings. The van der Waals surface area contributed by atoms with Crippen molar-refractivity contribution in [1.82, 2.24) is 10.2 Å². The number of carbonyl (C=O) groups excluding carboxylic acids is 2. The average Bonchev–Trinajstić information content (AvgIpc) is 2.60. The number of primary amides is 1. The number of hydrogen-bond acceptors (Lipinski definition) is 6. The number of carbonyl (C=O) groups is 2. The zero-order valence-electron chi connectivity index (χ0n) is 13.2. The van der Waals surface area contributed by atoms with Gasteiger partial charge in [-0.3, -0.25) is 0 Å². The Labute approximate surface area is 145 Å². The van der Waals surface area contributed by atoms with Crippen molar-refractivity contribution in [1.29, 1.82) is 0 Å². The minimum absolute atomic E-state index is 0.0867. The molecule has 0 radical (unpaired) electrons. The van der Waals surface area contributed by atoms with E-state index in [1.54, 1.807) is 0 Å². The van der Waals surface area contributed by atoms with E-state index in [2.05, 4.69) is 20.4 Å². The summed E-state index contributed by atoms with van der Waals surface area (Å²) in [6.07, 6.45) is -4.58. The molecule has 0 atom stereocenters. The van der Waals surface area contributed by atoms with Gasteiger partial charge in [-0.1, -0.05) is 35.4 Å². The van der Waals surface area contributed by atoms with Gasteiger partial charge in [0.1, 0.15) is 5.82 Å². The van der Waals surface area contributed by atoms with Crippen LogP contribution in [-0.4, -0.2) is 34.9 Å². The topological polar surface area (TPSA) is 110 Å². The molecule has 138 valence electrons. The van der Waals surface area contributed by atoms with Crippen LogP contribution in [0.1, 0.15) is 5.56 Å². The molecule has 8 nitrogen and oxygen atoms in total. The van der Waals surface area contributed by atoms with Gasteiger partial charge in [0.2, 0.25) is 0 Å². The monoisotopic (exact) mass is 369 g/mol. The van der Waals surface area contributed by atoms with Crippen molar-refractivity contribution in [2.24, 2.45) is 5.73 Å². The predicted octanol–water partition coefficient (Wildman–Crippen LogP) is 2.04. The van der Waals surface area contributed by atoms with Crippen LogP contribution in [0, 0.1) is 0 Å². The molecular weight excluding hydrogens is 355 g/mol. The Balaban J connectivity index is 1.97. The van der Waals surface area contributed by atoms with E-state index in [0.717, 1.165) is 11.6 Å². The standard InChI is InChI=1S/C15H14F3N5O3/c16-15(17,18)13(24)26-23(14(19)25)12-7-6-11(21-22-12)20-9-8-10-4-2-1-3-5-10/h1-7H,8-9H2,(H2,19,25)(H,20,21). The van der Waals surface area contributed by atoms with Crippen LogP contribution in [0.25, 0.3) is 0 Å². The Morgan fingerprint density at radius 3 is 2.35 bits per heavy atom. The van der Waals surface area contributed by atoms with Crippen molar-refractivity contribution in [3.05, 3.63) is 48.0 Å². The summed E-state index contributed by atoms with van der Waals surface area (Å²) in [5, 5.41) is 10.1. The number of anilines is 2. The van der Waals surface area contributed by atoms with Gasteiger partial charge in [-0.2, -0.15) is 13.2 Å². The molecule has 0 aliphatic rings. The van der Waals surface area contributed by atoms with Gasteiger partial charge in [-0.05, 0) is 24.1 Å². The third kappa shape index (κ3) is 5.33. The lowest BCUT2D eigenvalue weighted by Gasteiger charge is -2.18. The fourth-order valence-electron chi connectivity index (χ4n) is 1.85. The highest BCUT2D eigenvalue weighted by Crippen LogP contribution is 2.20. The molecule has 0 aliphatic carbocycles. The van der Waals surface area contributed by atoms with Crippen LogP contribution in [-0.2, 0) is 16.1 Å². The maximum absolute atomic E-state index is 12.2. The summed E-state index contributed by atoms with van der Waals surface area (Å²) in [6.45, 7) is 0.528. The number of hydrogen-bond donors (Lipinski definition) is 2. The maximum atomic E-state index is 12.2. The van der Waals surface area contributed by atoms with Crippen molar-refractivity contribution in [2.75, 3.05) is 16.9 Å². The molecule has 0 unspecified atom stereocenters. The summed E-state index contributed by atoms with van der Waals surface area (Å²) in [7, 11) is 0. The van der Waals surface area contributed by atoms with E-state index in [1.807, 2.05) is 30.3 Å². The van der Waals surface area contributed by atoms with Gasteiger partial charge in [0.15, 0.2) is 5.82 Å². The first kappa shape index (κ1) is 19.0. The summed E-state index contributed by atoms with van der Waals surface area (Å²) in [6, 6.07) is 10.7. The van der Waals surface area contributed by atoms with Crippen LogP contribution in [0.4, 0.5) is 29.6 Å². The lowest BCUT2D eigenvalue weighted by molar-refractivity contribution is -0.199. The number of hydroxylamine groups is 1. The molecule has 2 amide bonds. The quantitative estimate of drug-likeness (QED) is 0.781. The number of nitrogens with two attached hydrogens (primary N) is 1. The molecule has 0 bridgehead atoms. The first-order valence-corrected chi connectivity index (χ1v) is 7.27. The smallest absolute Gasteiger partial charge is 0.368 e. The molecule has 11 heteroatoms. The van der Waals surface area contributed by atoms with Gasteiger partial charge in [-0.15, -0.1) is 10.2 Å². The Bertz CT molecular complexity index is 753. The molecule has 2 aromatic rings. The third-order valence-corrected chi connectivity index (χ3v) is 3.03. The first-order chi connectivity index (χ1) is 12.3. The minimum Gasteiger partial charge on any atom is -0.368 e. The van der Waals surface area contributed by atoms with Gasteiger partial charge in [0.25, 0.3) is 0 Å². The summed E-state index contributed by atoms with van der Waals surface area (Å²) in [4.78, 5) is 25.9. The number of alkyl halides is 3. The molecule has 0 aliphatic heterocycles. The number of nitrogens with one attached hydrogen (secondary N) is 1. The Kier molecular flexibility index (Phi) is 5.94. The number of rotatable bonds is 5. The second kappa shape index (κ2) is 8.14. The van der Waals surface area contributed by atoms with E-state index < -0.39 is 24.0 Å². The largest absolute Gasteiger partial charge is 0.493 e. The van der Waals surface area contributed by atoms with E-state index in [4.69, 9.17) is 5.73 Å². The number of nitrogens with zero attached hydrogens (tertiary/aromatic N) is 3. The van der Waals surface area contributed by atoms with Gasteiger partial charge in [-0.25, -0.2) is 9.59 Å². The first-order valence-electron chi connectivity index (χ1n) is 7.27. The van der Waals surface area contributed by atoms with Crippen LogP contribution in [0.5, 0.6) is 0 Å². The van der Waals surface area contributed by atoms with Gasteiger partial charge in [0.05, 0.1) is 0 Å². The number of amides is 2. The Morgan fingerprint density at radius 2 is 1.81 bits per heavy atom. The number of halogens is 3. The predicted molar refractivity (Wildman–Crippen MR) is 84.9 cm³/mol. The minimum atomic E-state index is -5.29. The van der Waals surface area contributed by atoms with Crippen molar-refractivity contribution in [2.45, 2.75) is 12.6 Å². The second-order valence-electron chi connectivity index (χ2n) is 4.95. The SMILES string of the molecule is NC(=O)N(OC(=O)C(F)(F)F)c1ccc(NCCc2ccccc2)nn1. The number of urea groups is 1. The fraction of sp³-hybridized carbons (Fsp3) is 0.200. The molecule has 26 heavy (non-hydrogen) atoms. The number of aromatic nitrogens is 2. The normalized spacial score (nSPS) is 10.9. The average molecular weight is 369 g/mol. The summed E-state index contributed by atoms with van der Waals surface area (Å²) >= 11 is 0. The molecular formula is C15H14F3N5O3. The highest BCUT2D eigenvalue weighted by atomic mass is 19.4. The van der Waals surface area contributed by atoms with E-state index in [1.165, 1.54) is 6.07 Å². The van der Waals surface area contributed by atoms with Crippen molar-refractivity contribution >= 4 is 23.6 Å². The highest BCUT2D eigenvalue weighted by molar-refractivity contribution is 5.90.